The van der Waals surface area contributed by atoms with Crippen LogP contribution < -0.4 is 4.90 Å². The zero-order valence-corrected chi connectivity index (χ0v) is 14.3. The third-order valence-electron chi connectivity index (χ3n) is 5.02. The molecule has 2 aromatic carbocycles. The number of fused-ring (bicyclic) bond motifs is 1. The van der Waals surface area contributed by atoms with Gasteiger partial charge in [-0.05, 0) is 24.3 Å². The largest absolute Gasteiger partial charge is 0.369 e. The maximum atomic E-state index is 13.0. The van der Waals surface area contributed by atoms with Crippen molar-refractivity contribution in [2.45, 2.75) is 0 Å². The van der Waals surface area contributed by atoms with E-state index in [1.54, 1.807) is 42.5 Å². The van der Waals surface area contributed by atoms with Crippen molar-refractivity contribution in [3.05, 3.63) is 77.1 Å². The number of anilines is 1. The minimum atomic E-state index is -0.231. The molecule has 1 aliphatic carbocycles. The van der Waals surface area contributed by atoms with Crippen LogP contribution >= 0.6 is 0 Å². The lowest BCUT2D eigenvalue weighted by molar-refractivity contribution is 0.0987. The average molecular weight is 350 g/mol. The lowest BCUT2D eigenvalue weighted by Crippen LogP contribution is -2.46. The highest BCUT2D eigenvalue weighted by molar-refractivity contribution is 6.39. The number of ketones is 2. The van der Waals surface area contributed by atoms with E-state index >= 15 is 0 Å². The molecule has 0 N–H and O–H groups in total. The van der Waals surface area contributed by atoms with Gasteiger partial charge in [0.05, 0.1) is 5.57 Å². The van der Waals surface area contributed by atoms with E-state index in [2.05, 4.69) is 9.80 Å². The summed E-state index contributed by atoms with van der Waals surface area (Å²) in [6.45, 7) is 3.90. The highest BCUT2D eigenvalue weighted by Crippen LogP contribution is 2.26. The van der Waals surface area contributed by atoms with Gasteiger partial charge in [-0.15, -0.1) is 0 Å². The van der Waals surface area contributed by atoms with Crippen LogP contribution in [0.5, 0.6) is 0 Å². The summed E-state index contributed by atoms with van der Waals surface area (Å²) in [5, 5.41) is 0. The van der Waals surface area contributed by atoms with Crippen LogP contribution in [0.2, 0.25) is 0 Å². The molecule has 0 aromatic heterocycles. The van der Waals surface area contributed by atoms with Gasteiger partial charge in [0.25, 0.3) is 0 Å². The van der Waals surface area contributed by atoms with Crippen LogP contribution in [0.3, 0.4) is 0 Å². The number of carbonyl (C=O) groups is 2. The van der Waals surface area contributed by atoms with Crippen molar-refractivity contribution in [2.75, 3.05) is 37.6 Å². The molecule has 0 unspecified atom stereocenters. The van der Waals surface area contributed by atoms with E-state index in [1.165, 1.54) is 12.1 Å². The molecule has 4 nitrogen and oxygen atoms in total. The molecule has 0 amide bonds. The van der Waals surface area contributed by atoms with Crippen LogP contribution in [-0.4, -0.2) is 49.2 Å². The van der Waals surface area contributed by atoms with Gasteiger partial charge >= 0.3 is 0 Å². The molecule has 1 saturated heterocycles. The molecule has 1 fully saturated rings. The Kier molecular flexibility index (Phi) is 4.39. The molecular weight excluding hydrogens is 331 g/mol. The Labute approximate surface area is 151 Å². The van der Waals surface area contributed by atoms with Gasteiger partial charge in [-0.1, -0.05) is 30.3 Å². The first kappa shape index (κ1) is 16.7. The summed E-state index contributed by atoms with van der Waals surface area (Å²) >= 11 is 0. The van der Waals surface area contributed by atoms with Crippen molar-refractivity contribution in [1.82, 2.24) is 4.90 Å². The predicted molar refractivity (Wildman–Crippen MR) is 98.2 cm³/mol. The first-order valence-corrected chi connectivity index (χ1v) is 8.75. The number of hydrogen-bond acceptors (Lipinski definition) is 4. The van der Waals surface area contributed by atoms with E-state index in [0.29, 0.717) is 17.7 Å². The van der Waals surface area contributed by atoms with Crippen molar-refractivity contribution < 1.29 is 14.0 Å². The SMILES string of the molecule is O=C1C(=CCN2CCN(c3ccc(F)cc3)CC2)C(=O)c2ccccc21. The summed E-state index contributed by atoms with van der Waals surface area (Å²) in [5.41, 5.74) is 2.31. The van der Waals surface area contributed by atoms with E-state index in [4.69, 9.17) is 0 Å². The Morgan fingerprint density at radius 1 is 0.846 bits per heavy atom. The molecule has 4 rings (SSSR count). The van der Waals surface area contributed by atoms with Crippen LogP contribution in [0.4, 0.5) is 10.1 Å². The Hall–Kier alpha value is -2.79. The normalized spacial score (nSPS) is 17.6. The minimum absolute atomic E-state index is 0.171. The molecule has 26 heavy (non-hydrogen) atoms. The second kappa shape index (κ2) is 6.84. The van der Waals surface area contributed by atoms with E-state index in [9.17, 15) is 14.0 Å². The number of nitrogens with zero attached hydrogens (tertiary/aromatic N) is 2. The zero-order chi connectivity index (χ0) is 18.1. The van der Waals surface area contributed by atoms with Crippen molar-refractivity contribution in [1.29, 1.82) is 0 Å². The molecule has 2 aromatic rings. The third kappa shape index (κ3) is 3.06. The van der Waals surface area contributed by atoms with E-state index < -0.39 is 0 Å². The minimum Gasteiger partial charge on any atom is -0.369 e. The number of rotatable bonds is 3. The first-order chi connectivity index (χ1) is 12.6. The molecule has 1 heterocycles. The Morgan fingerprint density at radius 3 is 2.00 bits per heavy atom. The van der Waals surface area contributed by atoms with Crippen LogP contribution in [0.1, 0.15) is 20.7 Å². The van der Waals surface area contributed by atoms with E-state index in [0.717, 1.165) is 31.9 Å². The number of hydrogen-bond donors (Lipinski definition) is 0. The van der Waals surface area contributed by atoms with Gasteiger partial charge in [-0.3, -0.25) is 14.5 Å². The molecule has 132 valence electrons. The van der Waals surface area contributed by atoms with Gasteiger partial charge in [0.15, 0.2) is 11.6 Å². The highest BCUT2D eigenvalue weighted by Gasteiger charge is 2.32. The fourth-order valence-electron chi connectivity index (χ4n) is 3.52. The zero-order valence-electron chi connectivity index (χ0n) is 14.3. The van der Waals surface area contributed by atoms with Crippen LogP contribution in [0, 0.1) is 5.82 Å². The molecule has 0 bridgehead atoms. The summed E-state index contributed by atoms with van der Waals surface area (Å²) < 4.78 is 13.0. The predicted octanol–water partition coefficient (Wildman–Crippen LogP) is 2.95. The fourth-order valence-corrected chi connectivity index (χ4v) is 3.52. The molecule has 0 radical (unpaired) electrons. The fraction of sp³-hybridized carbons (Fsp3) is 0.238. The Bertz CT molecular complexity index is 844. The van der Waals surface area contributed by atoms with Crippen molar-refractivity contribution >= 4 is 17.3 Å². The topological polar surface area (TPSA) is 40.6 Å². The highest BCUT2D eigenvalue weighted by atomic mass is 19.1. The van der Waals surface area contributed by atoms with Gasteiger partial charge in [0, 0.05) is 49.5 Å². The van der Waals surface area contributed by atoms with E-state index in [-0.39, 0.29) is 23.0 Å². The second-order valence-corrected chi connectivity index (χ2v) is 6.59. The quantitative estimate of drug-likeness (QED) is 0.630. The number of benzene rings is 2. The summed E-state index contributed by atoms with van der Waals surface area (Å²) in [6, 6.07) is 13.5. The molecule has 0 atom stereocenters. The summed E-state index contributed by atoms with van der Waals surface area (Å²) in [5.74, 6) is -0.572. The van der Waals surface area contributed by atoms with Gasteiger partial charge in [0.1, 0.15) is 5.82 Å². The number of allylic oxidation sites excluding steroid dienone is 1. The number of carbonyl (C=O) groups excluding carboxylic acids is 2. The Balaban J connectivity index is 1.38. The summed E-state index contributed by atoms with van der Waals surface area (Å²) in [4.78, 5) is 29.2. The van der Waals surface area contributed by atoms with Crippen LogP contribution in [0.25, 0.3) is 0 Å². The molecule has 2 aliphatic rings. The first-order valence-electron chi connectivity index (χ1n) is 8.75. The lowest BCUT2D eigenvalue weighted by Gasteiger charge is -2.35. The van der Waals surface area contributed by atoms with Crippen molar-refractivity contribution in [3.8, 4) is 0 Å². The lowest BCUT2D eigenvalue weighted by atomic mass is 10.1. The third-order valence-corrected chi connectivity index (χ3v) is 5.02. The van der Waals surface area contributed by atoms with E-state index in [1.807, 2.05) is 0 Å². The molecule has 0 saturated carbocycles. The standard InChI is InChI=1S/C21H19FN2O2/c22-15-5-7-16(8-6-15)24-13-11-23(12-14-24)10-9-19-20(25)17-3-1-2-4-18(17)21(19)26/h1-9H,10-14H2. The van der Waals surface area contributed by atoms with Crippen LogP contribution in [0.15, 0.2) is 60.2 Å². The Morgan fingerprint density at radius 2 is 1.42 bits per heavy atom. The van der Waals surface area contributed by atoms with Crippen molar-refractivity contribution in [2.24, 2.45) is 0 Å². The second-order valence-electron chi connectivity index (χ2n) is 6.59. The van der Waals surface area contributed by atoms with Gasteiger partial charge in [-0.25, -0.2) is 4.39 Å². The summed E-state index contributed by atoms with van der Waals surface area (Å²) in [6.07, 6.45) is 1.76. The monoisotopic (exact) mass is 350 g/mol. The summed E-state index contributed by atoms with van der Waals surface area (Å²) in [7, 11) is 0. The maximum Gasteiger partial charge on any atom is 0.197 e. The average Bonchev–Trinajstić information content (AvgIpc) is 2.92. The van der Waals surface area contributed by atoms with Crippen LogP contribution in [-0.2, 0) is 0 Å². The van der Waals surface area contributed by atoms with Gasteiger partial charge < -0.3 is 4.90 Å². The van der Waals surface area contributed by atoms with Gasteiger partial charge in [0.2, 0.25) is 0 Å². The number of piperazine rings is 1. The molecular formula is C21H19FN2O2. The molecule has 0 spiro atoms. The smallest absolute Gasteiger partial charge is 0.197 e. The molecule has 5 heteroatoms. The van der Waals surface area contributed by atoms with Crippen molar-refractivity contribution in [3.63, 3.8) is 0 Å². The number of Topliss-reactive ketones (excluding diaryl/α,β-unsaturated/α-hetero) is 2. The van der Waals surface area contributed by atoms with Gasteiger partial charge in [-0.2, -0.15) is 0 Å². The number of halogens is 1. The maximum absolute atomic E-state index is 13.0. The molecule has 1 aliphatic heterocycles.